The second-order valence-electron chi connectivity index (χ2n) is 4.53. The number of rotatable bonds is 7. The molecule has 0 spiro atoms. The number of carbonyl (C=O) groups excluding carboxylic acids is 2. The zero-order valence-corrected chi connectivity index (χ0v) is 15.0. The van der Waals surface area contributed by atoms with Gasteiger partial charge in [-0.2, -0.15) is 0 Å². The summed E-state index contributed by atoms with van der Waals surface area (Å²) in [5.41, 5.74) is -1.24. The summed E-state index contributed by atoms with van der Waals surface area (Å²) in [6.45, 7) is 3.84. The van der Waals surface area contributed by atoms with Crippen LogP contribution in [0.2, 0.25) is 0 Å². The fourth-order valence-corrected chi connectivity index (χ4v) is 2.44. The van der Waals surface area contributed by atoms with Crippen LogP contribution in [-0.4, -0.2) is 46.3 Å². The fraction of sp³-hybridized carbons (Fsp3) is 0.750. The summed E-state index contributed by atoms with van der Waals surface area (Å²) in [6.07, 6.45) is -1.40. The van der Waals surface area contributed by atoms with Crippen LogP contribution in [0.1, 0.15) is 20.3 Å². The van der Waals surface area contributed by atoms with Crippen LogP contribution in [0, 0.1) is 5.92 Å². The molecule has 22 heavy (non-hydrogen) atoms. The molecule has 126 valence electrons. The van der Waals surface area contributed by atoms with Gasteiger partial charge in [0.1, 0.15) is 6.10 Å². The van der Waals surface area contributed by atoms with E-state index in [1.54, 1.807) is 6.92 Å². The topological polar surface area (TPSA) is 73.9 Å². The molecular formula is C12H16Cl3NO5S. The van der Waals surface area contributed by atoms with E-state index in [0.717, 1.165) is 0 Å². The molecule has 0 aromatic heterocycles. The molecule has 1 fully saturated rings. The maximum absolute atomic E-state index is 11.6. The Bertz CT molecular complexity index is 437. The average Bonchev–Trinajstić information content (AvgIpc) is 2.37. The van der Waals surface area contributed by atoms with Gasteiger partial charge in [0.05, 0.1) is 18.6 Å². The van der Waals surface area contributed by atoms with Crippen molar-refractivity contribution in [2.45, 2.75) is 42.8 Å². The molecule has 1 aliphatic rings. The Morgan fingerprint density at radius 3 is 2.50 bits per heavy atom. The van der Waals surface area contributed by atoms with E-state index in [9.17, 15) is 9.59 Å². The first kappa shape index (κ1) is 19.5. The van der Waals surface area contributed by atoms with E-state index in [1.807, 2.05) is 6.92 Å². The first-order valence-corrected chi connectivity index (χ1v) is 8.23. The third kappa shape index (κ3) is 5.61. The fourth-order valence-electron chi connectivity index (χ4n) is 1.97. The van der Waals surface area contributed by atoms with Gasteiger partial charge in [0.25, 0.3) is 0 Å². The molecule has 0 aromatic carbocycles. The van der Waals surface area contributed by atoms with Crippen LogP contribution >= 0.6 is 47.0 Å². The molecule has 0 aliphatic carbocycles. The molecule has 0 bridgehead atoms. The van der Waals surface area contributed by atoms with E-state index in [1.165, 1.54) is 0 Å². The van der Waals surface area contributed by atoms with Gasteiger partial charge < -0.3 is 19.5 Å². The van der Waals surface area contributed by atoms with E-state index in [2.05, 4.69) is 10.1 Å². The average molecular weight is 393 g/mol. The minimum Gasteiger partial charge on any atom is -0.487 e. The van der Waals surface area contributed by atoms with Crippen molar-refractivity contribution in [2.75, 3.05) is 6.61 Å². The molecule has 0 aromatic rings. The van der Waals surface area contributed by atoms with Crippen LogP contribution < -0.4 is 5.32 Å². The minimum atomic E-state index is -1.24. The number of hydrogen-bond donors (Lipinski definition) is 1. The summed E-state index contributed by atoms with van der Waals surface area (Å²) >= 11 is 21.5. The lowest BCUT2D eigenvalue weighted by Crippen LogP contribution is -2.63. The van der Waals surface area contributed by atoms with Crippen molar-refractivity contribution in [3.05, 3.63) is 0 Å². The SMILES string of the molecule is CCOC(=S)C[C@H]1NC(=O)[C@@H]1C(C)OC(=O)OC(Cl)C(Cl)Cl. The third-order valence-electron chi connectivity index (χ3n) is 2.95. The highest BCUT2D eigenvalue weighted by atomic mass is 35.5. The summed E-state index contributed by atoms with van der Waals surface area (Å²) in [5.74, 6) is -0.776. The van der Waals surface area contributed by atoms with Gasteiger partial charge in [0, 0.05) is 6.42 Å². The first-order chi connectivity index (χ1) is 10.3. The number of carbonyl (C=O) groups is 2. The van der Waals surface area contributed by atoms with Gasteiger partial charge in [0.15, 0.2) is 9.89 Å². The Morgan fingerprint density at radius 1 is 1.36 bits per heavy atom. The van der Waals surface area contributed by atoms with Crippen molar-refractivity contribution in [3.8, 4) is 0 Å². The first-order valence-electron chi connectivity index (χ1n) is 6.51. The molecule has 1 heterocycles. The van der Waals surface area contributed by atoms with Gasteiger partial charge in [-0.3, -0.25) is 4.79 Å². The van der Waals surface area contributed by atoms with Gasteiger partial charge >= 0.3 is 6.16 Å². The molecule has 1 rings (SSSR count). The van der Waals surface area contributed by atoms with Gasteiger partial charge in [-0.25, -0.2) is 4.79 Å². The zero-order valence-electron chi connectivity index (χ0n) is 11.9. The lowest BCUT2D eigenvalue weighted by atomic mass is 9.84. The molecular weight excluding hydrogens is 377 g/mol. The van der Waals surface area contributed by atoms with Crippen LogP contribution in [0.25, 0.3) is 0 Å². The van der Waals surface area contributed by atoms with E-state index < -0.39 is 28.6 Å². The van der Waals surface area contributed by atoms with Crippen molar-refractivity contribution in [1.82, 2.24) is 5.32 Å². The van der Waals surface area contributed by atoms with Crippen LogP contribution in [0.3, 0.4) is 0 Å². The second-order valence-corrected chi connectivity index (χ2v) is 6.58. The minimum absolute atomic E-state index is 0.236. The summed E-state index contributed by atoms with van der Waals surface area (Å²) < 4.78 is 14.8. The van der Waals surface area contributed by atoms with E-state index in [0.29, 0.717) is 18.1 Å². The number of hydrogen-bond acceptors (Lipinski definition) is 6. The molecule has 1 N–H and O–H groups in total. The molecule has 1 aliphatic heterocycles. The quantitative estimate of drug-likeness (QED) is 0.311. The normalized spacial score (nSPS) is 23.1. The molecule has 1 saturated heterocycles. The van der Waals surface area contributed by atoms with Gasteiger partial charge in [0.2, 0.25) is 11.5 Å². The standard InChI is InChI=1S/C12H16Cl3NO5S/c1-3-19-7(22)4-6-8(11(17)16-6)5(2)20-12(18)21-10(15)9(13)14/h5-6,8-10H,3-4H2,1-2H3,(H,16,17)/t5?,6-,8-,10?/m1/s1. The monoisotopic (exact) mass is 391 g/mol. The largest absolute Gasteiger partial charge is 0.510 e. The lowest BCUT2D eigenvalue weighted by Gasteiger charge is -2.39. The van der Waals surface area contributed by atoms with Gasteiger partial charge in [-0.05, 0) is 26.1 Å². The molecule has 0 radical (unpaired) electrons. The highest BCUT2D eigenvalue weighted by Crippen LogP contribution is 2.25. The van der Waals surface area contributed by atoms with Crippen molar-refractivity contribution in [2.24, 2.45) is 5.92 Å². The summed E-state index contributed by atoms with van der Waals surface area (Å²) in [6, 6.07) is -0.255. The van der Waals surface area contributed by atoms with Crippen LogP contribution in [-0.2, 0) is 19.0 Å². The molecule has 4 atom stereocenters. The Kier molecular flexibility index (Phi) is 7.96. The number of ether oxygens (including phenoxy) is 3. The number of halogens is 3. The van der Waals surface area contributed by atoms with Crippen molar-refractivity contribution < 1.29 is 23.8 Å². The molecule has 0 saturated carbocycles. The summed E-state index contributed by atoms with van der Waals surface area (Å²) in [5, 5.41) is 3.08. The Balaban J connectivity index is 2.49. The number of amides is 1. The number of thiocarbonyl (C=S) groups is 1. The smallest absolute Gasteiger partial charge is 0.487 e. The van der Waals surface area contributed by atoms with Crippen LogP contribution in [0.15, 0.2) is 0 Å². The van der Waals surface area contributed by atoms with Crippen LogP contribution in [0.5, 0.6) is 0 Å². The predicted octanol–water partition coefficient (Wildman–Crippen LogP) is 2.77. The van der Waals surface area contributed by atoms with Crippen molar-refractivity contribution in [3.63, 3.8) is 0 Å². The highest BCUT2D eigenvalue weighted by molar-refractivity contribution is 7.80. The van der Waals surface area contributed by atoms with Crippen molar-refractivity contribution in [1.29, 1.82) is 0 Å². The molecule has 2 unspecified atom stereocenters. The van der Waals surface area contributed by atoms with Gasteiger partial charge in [-0.1, -0.05) is 34.8 Å². The Morgan fingerprint density at radius 2 is 2.00 bits per heavy atom. The Hall–Kier alpha value is -0.500. The molecule has 6 nitrogen and oxygen atoms in total. The van der Waals surface area contributed by atoms with E-state index in [4.69, 9.17) is 56.5 Å². The number of β-lactam (4-membered cyclic amide) rings is 1. The van der Waals surface area contributed by atoms with Crippen molar-refractivity contribution >= 4 is 64.1 Å². The summed E-state index contributed by atoms with van der Waals surface area (Å²) in [4.78, 5) is 22.1. The van der Waals surface area contributed by atoms with Gasteiger partial charge in [-0.15, -0.1) is 0 Å². The zero-order chi connectivity index (χ0) is 16.9. The predicted molar refractivity (Wildman–Crippen MR) is 86.4 cm³/mol. The molecule has 1 amide bonds. The maximum Gasteiger partial charge on any atom is 0.510 e. The van der Waals surface area contributed by atoms with E-state index in [-0.39, 0.29) is 11.9 Å². The van der Waals surface area contributed by atoms with Crippen LogP contribution in [0.4, 0.5) is 4.79 Å². The van der Waals surface area contributed by atoms with E-state index >= 15 is 0 Å². The lowest BCUT2D eigenvalue weighted by molar-refractivity contribution is -0.141. The number of nitrogens with one attached hydrogen (secondary N) is 1. The summed E-state index contributed by atoms with van der Waals surface area (Å²) in [7, 11) is 0. The highest BCUT2D eigenvalue weighted by Gasteiger charge is 2.45. The maximum atomic E-state index is 11.6. The third-order valence-corrected chi connectivity index (χ3v) is 4.29. The second kappa shape index (κ2) is 8.96. The number of alkyl halides is 3. The Labute approximate surface area is 148 Å². The molecule has 10 heteroatoms.